The molecular formula is C15H19F3OS. The van der Waals surface area contributed by atoms with Gasteiger partial charge in [0.15, 0.2) is 0 Å². The Hall–Kier alpha value is -0.680. The molecule has 1 aliphatic carbocycles. The Labute approximate surface area is 121 Å². The summed E-state index contributed by atoms with van der Waals surface area (Å²) in [5.74, 6) is 0.941. The normalized spacial score (nSPS) is 25.4. The number of aliphatic hydroxyl groups is 1. The van der Waals surface area contributed by atoms with Gasteiger partial charge in [-0.3, -0.25) is 0 Å². The van der Waals surface area contributed by atoms with Crippen LogP contribution < -0.4 is 0 Å². The average Bonchev–Trinajstić information content (AvgIpc) is 2.38. The van der Waals surface area contributed by atoms with Crippen molar-refractivity contribution in [3.63, 3.8) is 0 Å². The fourth-order valence-corrected chi connectivity index (χ4v) is 3.28. The van der Waals surface area contributed by atoms with Gasteiger partial charge >= 0.3 is 5.51 Å². The molecule has 1 saturated carbocycles. The topological polar surface area (TPSA) is 20.2 Å². The molecule has 5 heteroatoms. The lowest BCUT2D eigenvalue weighted by molar-refractivity contribution is -0.0328. The number of halogens is 3. The molecule has 0 aromatic heterocycles. The van der Waals surface area contributed by atoms with Crippen LogP contribution in [0.5, 0.6) is 0 Å². The van der Waals surface area contributed by atoms with Crippen molar-refractivity contribution in [3.05, 3.63) is 29.8 Å². The smallest absolute Gasteiger partial charge is 0.388 e. The van der Waals surface area contributed by atoms with Gasteiger partial charge in [0.25, 0.3) is 0 Å². The van der Waals surface area contributed by atoms with E-state index >= 15 is 0 Å². The third-order valence-corrected chi connectivity index (χ3v) is 4.70. The standard InChI is InChI=1S/C15H19F3OS/c1-10-2-4-11(5-3-10)14(19)12-6-8-13(9-7-12)20-15(16,17)18/h6-11,14,19H,2-5H2,1H3. The largest absolute Gasteiger partial charge is 0.446 e. The number of hydrogen-bond acceptors (Lipinski definition) is 2. The molecule has 1 fully saturated rings. The van der Waals surface area contributed by atoms with Crippen LogP contribution in [0.2, 0.25) is 0 Å². The molecule has 1 aromatic rings. The van der Waals surface area contributed by atoms with Gasteiger partial charge in [0.05, 0.1) is 6.10 Å². The molecule has 0 saturated heterocycles. The monoisotopic (exact) mass is 304 g/mol. The second kappa shape index (κ2) is 6.39. The lowest BCUT2D eigenvalue weighted by Gasteiger charge is -2.30. The Morgan fingerprint density at radius 1 is 1.10 bits per heavy atom. The van der Waals surface area contributed by atoms with Gasteiger partial charge in [0.2, 0.25) is 0 Å². The molecule has 1 N–H and O–H groups in total. The molecule has 2 rings (SSSR count). The van der Waals surface area contributed by atoms with E-state index in [1.165, 1.54) is 12.1 Å². The van der Waals surface area contributed by atoms with E-state index in [1.54, 1.807) is 12.1 Å². The first-order chi connectivity index (χ1) is 9.35. The Morgan fingerprint density at radius 2 is 1.65 bits per heavy atom. The first-order valence-corrected chi connectivity index (χ1v) is 7.70. The van der Waals surface area contributed by atoms with Crippen LogP contribution in [0.1, 0.15) is 44.3 Å². The van der Waals surface area contributed by atoms with Crippen molar-refractivity contribution in [2.24, 2.45) is 11.8 Å². The van der Waals surface area contributed by atoms with Gasteiger partial charge in [-0.1, -0.05) is 31.9 Å². The SMILES string of the molecule is CC1CCC(C(O)c2ccc(SC(F)(F)F)cc2)CC1. The predicted molar refractivity (Wildman–Crippen MR) is 74.4 cm³/mol. The van der Waals surface area contributed by atoms with Crippen LogP contribution >= 0.6 is 11.8 Å². The van der Waals surface area contributed by atoms with Gasteiger partial charge in [-0.05, 0) is 54.1 Å². The summed E-state index contributed by atoms with van der Waals surface area (Å²) < 4.78 is 36.7. The zero-order valence-corrected chi connectivity index (χ0v) is 12.2. The number of benzene rings is 1. The Morgan fingerprint density at radius 3 is 2.15 bits per heavy atom. The molecule has 0 aliphatic heterocycles. The number of rotatable bonds is 3. The van der Waals surface area contributed by atoms with Gasteiger partial charge in [-0.2, -0.15) is 13.2 Å². The summed E-state index contributed by atoms with van der Waals surface area (Å²) in [7, 11) is 0. The van der Waals surface area contributed by atoms with Gasteiger partial charge in [0, 0.05) is 4.90 Å². The highest BCUT2D eigenvalue weighted by Crippen LogP contribution is 2.39. The quantitative estimate of drug-likeness (QED) is 0.778. The van der Waals surface area contributed by atoms with Gasteiger partial charge in [-0.25, -0.2) is 0 Å². The first-order valence-electron chi connectivity index (χ1n) is 6.89. The fourth-order valence-electron chi connectivity index (χ4n) is 2.74. The average molecular weight is 304 g/mol. The van der Waals surface area contributed by atoms with Crippen LogP contribution in [0.4, 0.5) is 13.2 Å². The van der Waals surface area contributed by atoms with Crippen LogP contribution in [-0.4, -0.2) is 10.6 Å². The molecule has 0 bridgehead atoms. The minimum Gasteiger partial charge on any atom is -0.388 e. The second-order valence-electron chi connectivity index (χ2n) is 5.58. The van der Waals surface area contributed by atoms with Crippen LogP contribution in [0.25, 0.3) is 0 Å². The zero-order valence-electron chi connectivity index (χ0n) is 11.4. The Kier molecular flexibility index (Phi) is 5.02. The molecule has 112 valence electrons. The van der Waals surface area contributed by atoms with Crippen molar-refractivity contribution in [1.29, 1.82) is 0 Å². The highest BCUT2D eigenvalue weighted by molar-refractivity contribution is 8.00. The Balaban J connectivity index is 1.98. The predicted octanol–water partition coefficient (Wildman–Crippen LogP) is 5.16. The van der Waals surface area contributed by atoms with Gasteiger partial charge in [-0.15, -0.1) is 0 Å². The van der Waals surface area contributed by atoms with Crippen molar-refractivity contribution in [1.82, 2.24) is 0 Å². The van der Waals surface area contributed by atoms with Crippen LogP contribution in [0.3, 0.4) is 0 Å². The maximum Gasteiger partial charge on any atom is 0.446 e. The van der Waals surface area contributed by atoms with Crippen LogP contribution in [-0.2, 0) is 0 Å². The summed E-state index contributed by atoms with van der Waals surface area (Å²) in [4.78, 5) is 0.158. The molecule has 0 spiro atoms. The van der Waals surface area contributed by atoms with Crippen molar-refractivity contribution in [2.75, 3.05) is 0 Å². The lowest BCUT2D eigenvalue weighted by atomic mass is 9.78. The van der Waals surface area contributed by atoms with Crippen molar-refractivity contribution >= 4 is 11.8 Å². The maximum absolute atomic E-state index is 12.2. The minimum atomic E-state index is -4.26. The van der Waals surface area contributed by atoms with Gasteiger partial charge in [0.1, 0.15) is 0 Å². The van der Waals surface area contributed by atoms with Crippen LogP contribution in [0.15, 0.2) is 29.2 Å². The fraction of sp³-hybridized carbons (Fsp3) is 0.600. The zero-order chi connectivity index (χ0) is 14.8. The highest BCUT2D eigenvalue weighted by atomic mass is 32.2. The molecule has 20 heavy (non-hydrogen) atoms. The van der Waals surface area contributed by atoms with E-state index < -0.39 is 11.6 Å². The van der Waals surface area contributed by atoms with E-state index in [0.717, 1.165) is 31.2 Å². The molecule has 1 atom stereocenters. The lowest BCUT2D eigenvalue weighted by Crippen LogP contribution is -2.19. The third kappa shape index (κ3) is 4.42. The number of aliphatic hydroxyl groups excluding tert-OH is 1. The summed E-state index contributed by atoms with van der Waals surface area (Å²) in [6, 6.07) is 6.08. The summed E-state index contributed by atoms with van der Waals surface area (Å²) in [6.07, 6.45) is 3.64. The summed E-state index contributed by atoms with van der Waals surface area (Å²) in [5.41, 5.74) is -3.55. The van der Waals surface area contributed by atoms with E-state index in [0.29, 0.717) is 5.92 Å². The molecule has 1 aromatic carbocycles. The van der Waals surface area contributed by atoms with E-state index in [-0.39, 0.29) is 22.6 Å². The minimum absolute atomic E-state index is 0.125. The summed E-state index contributed by atoms with van der Waals surface area (Å²) in [5, 5.41) is 10.3. The summed E-state index contributed by atoms with van der Waals surface area (Å²) >= 11 is -0.125. The van der Waals surface area contributed by atoms with E-state index in [4.69, 9.17) is 0 Å². The molecule has 0 amide bonds. The first kappa shape index (κ1) is 15.7. The van der Waals surface area contributed by atoms with E-state index in [9.17, 15) is 18.3 Å². The van der Waals surface area contributed by atoms with Crippen molar-refractivity contribution in [3.8, 4) is 0 Å². The molecule has 1 aliphatic rings. The van der Waals surface area contributed by atoms with Crippen LogP contribution in [0, 0.1) is 11.8 Å². The molecule has 0 heterocycles. The van der Waals surface area contributed by atoms with Gasteiger partial charge < -0.3 is 5.11 Å². The number of alkyl halides is 3. The number of hydrogen-bond donors (Lipinski definition) is 1. The second-order valence-corrected chi connectivity index (χ2v) is 6.72. The third-order valence-electron chi connectivity index (χ3n) is 3.96. The van der Waals surface area contributed by atoms with E-state index in [1.807, 2.05) is 0 Å². The van der Waals surface area contributed by atoms with E-state index in [2.05, 4.69) is 6.92 Å². The summed E-state index contributed by atoms with van der Waals surface area (Å²) in [6.45, 7) is 2.21. The number of thioether (sulfide) groups is 1. The molecular weight excluding hydrogens is 285 g/mol. The highest BCUT2D eigenvalue weighted by Gasteiger charge is 2.29. The maximum atomic E-state index is 12.2. The molecule has 0 radical (unpaired) electrons. The molecule has 1 nitrogen and oxygen atoms in total. The van der Waals surface area contributed by atoms with Crippen molar-refractivity contribution < 1.29 is 18.3 Å². The molecule has 1 unspecified atom stereocenters. The van der Waals surface area contributed by atoms with Crippen molar-refractivity contribution in [2.45, 2.75) is 49.1 Å². The Bertz CT molecular complexity index is 422.